The van der Waals surface area contributed by atoms with Gasteiger partial charge in [0.05, 0.1) is 18.9 Å². The van der Waals surface area contributed by atoms with Crippen molar-refractivity contribution in [3.63, 3.8) is 0 Å². The average molecular weight is 223 g/mol. The van der Waals surface area contributed by atoms with Gasteiger partial charge in [0.25, 0.3) is 0 Å². The number of nitrogens with zero attached hydrogens (tertiary/aromatic N) is 2. The SMILES string of the molecule is CCCOc1nc(N2CCCO2)ccc1N. The number of nitrogen functional groups attached to an aromatic ring is 1. The summed E-state index contributed by atoms with van der Waals surface area (Å²) in [6.07, 6.45) is 1.96. The monoisotopic (exact) mass is 223 g/mol. The zero-order valence-corrected chi connectivity index (χ0v) is 9.48. The fraction of sp³-hybridized carbons (Fsp3) is 0.545. The largest absolute Gasteiger partial charge is 0.476 e. The number of nitrogens with two attached hydrogens (primary N) is 1. The third-order valence-corrected chi connectivity index (χ3v) is 2.33. The molecule has 16 heavy (non-hydrogen) atoms. The number of aromatic nitrogens is 1. The quantitative estimate of drug-likeness (QED) is 0.840. The minimum Gasteiger partial charge on any atom is -0.476 e. The van der Waals surface area contributed by atoms with Crippen LogP contribution in [-0.4, -0.2) is 24.7 Å². The molecule has 2 N–H and O–H groups in total. The van der Waals surface area contributed by atoms with Crippen molar-refractivity contribution < 1.29 is 9.57 Å². The highest BCUT2D eigenvalue weighted by atomic mass is 16.7. The Morgan fingerprint density at radius 1 is 1.56 bits per heavy atom. The van der Waals surface area contributed by atoms with Crippen molar-refractivity contribution in [3.05, 3.63) is 12.1 Å². The molecule has 1 aliphatic rings. The zero-order valence-electron chi connectivity index (χ0n) is 9.48. The molecule has 5 heteroatoms. The number of hydrogen-bond acceptors (Lipinski definition) is 5. The Morgan fingerprint density at radius 2 is 2.44 bits per heavy atom. The molecule has 0 saturated carbocycles. The maximum atomic E-state index is 5.78. The van der Waals surface area contributed by atoms with E-state index in [2.05, 4.69) is 4.98 Å². The van der Waals surface area contributed by atoms with E-state index in [1.54, 1.807) is 11.1 Å². The highest BCUT2D eigenvalue weighted by Gasteiger charge is 2.16. The summed E-state index contributed by atoms with van der Waals surface area (Å²) in [5.41, 5.74) is 6.35. The van der Waals surface area contributed by atoms with Crippen molar-refractivity contribution in [3.8, 4) is 5.88 Å². The molecule has 0 radical (unpaired) electrons. The van der Waals surface area contributed by atoms with Crippen LogP contribution < -0.4 is 15.5 Å². The lowest BCUT2D eigenvalue weighted by molar-refractivity contribution is 0.165. The molecule has 2 rings (SSSR count). The summed E-state index contributed by atoms with van der Waals surface area (Å²) in [5.74, 6) is 1.26. The normalized spacial score (nSPS) is 15.4. The van der Waals surface area contributed by atoms with Crippen molar-refractivity contribution in [2.45, 2.75) is 19.8 Å². The van der Waals surface area contributed by atoms with Gasteiger partial charge in [-0.1, -0.05) is 6.92 Å². The first-order valence-corrected chi connectivity index (χ1v) is 5.61. The molecule has 0 unspecified atom stereocenters. The summed E-state index contributed by atoms with van der Waals surface area (Å²) in [7, 11) is 0. The van der Waals surface area contributed by atoms with E-state index in [0.717, 1.165) is 31.8 Å². The molecule has 1 aromatic heterocycles. The number of ether oxygens (including phenoxy) is 1. The lowest BCUT2D eigenvalue weighted by Gasteiger charge is -2.16. The Labute approximate surface area is 95.1 Å². The lowest BCUT2D eigenvalue weighted by atomic mass is 10.4. The smallest absolute Gasteiger partial charge is 0.239 e. The van der Waals surface area contributed by atoms with Crippen LogP contribution in [0.2, 0.25) is 0 Å². The minimum absolute atomic E-state index is 0.495. The maximum Gasteiger partial charge on any atom is 0.239 e. The van der Waals surface area contributed by atoms with E-state index < -0.39 is 0 Å². The van der Waals surface area contributed by atoms with Gasteiger partial charge >= 0.3 is 0 Å². The van der Waals surface area contributed by atoms with Crippen molar-refractivity contribution >= 4 is 11.5 Å². The standard InChI is InChI=1S/C11H17N3O2/c1-2-7-15-11-9(12)4-5-10(13-11)14-6-3-8-16-14/h4-5H,2-3,6-8,12H2,1H3. The van der Waals surface area contributed by atoms with Crippen LogP contribution in [0, 0.1) is 0 Å². The second kappa shape index (κ2) is 5.03. The van der Waals surface area contributed by atoms with Gasteiger partial charge in [-0.3, -0.25) is 4.84 Å². The van der Waals surface area contributed by atoms with Crippen LogP contribution >= 0.6 is 0 Å². The summed E-state index contributed by atoms with van der Waals surface area (Å²) in [6, 6.07) is 3.65. The lowest BCUT2D eigenvalue weighted by Crippen LogP contribution is -2.18. The van der Waals surface area contributed by atoms with E-state index >= 15 is 0 Å². The van der Waals surface area contributed by atoms with Gasteiger partial charge in [-0.2, -0.15) is 4.98 Å². The number of pyridine rings is 1. The van der Waals surface area contributed by atoms with Crippen molar-refractivity contribution in [2.24, 2.45) is 0 Å². The Bertz CT molecular complexity index is 351. The maximum absolute atomic E-state index is 5.78. The number of hydrogen-bond donors (Lipinski definition) is 1. The van der Waals surface area contributed by atoms with Crippen molar-refractivity contribution in [2.75, 3.05) is 30.6 Å². The predicted octanol–water partition coefficient (Wildman–Crippen LogP) is 1.59. The molecule has 0 amide bonds. The van der Waals surface area contributed by atoms with E-state index in [1.807, 2.05) is 13.0 Å². The van der Waals surface area contributed by atoms with Crippen LogP contribution in [-0.2, 0) is 4.84 Å². The molecular formula is C11H17N3O2. The first-order valence-electron chi connectivity index (χ1n) is 5.61. The summed E-state index contributed by atoms with van der Waals surface area (Å²) >= 11 is 0. The third kappa shape index (κ3) is 2.36. The molecule has 1 aliphatic heterocycles. The molecular weight excluding hydrogens is 206 g/mol. The topological polar surface area (TPSA) is 60.6 Å². The Balaban J connectivity index is 2.13. The summed E-state index contributed by atoms with van der Waals surface area (Å²) in [5, 5.41) is 1.78. The van der Waals surface area contributed by atoms with Crippen LogP contribution in [0.3, 0.4) is 0 Å². The Kier molecular flexibility index (Phi) is 3.46. The first kappa shape index (κ1) is 11.0. The average Bonchev–Trinajstić information content (AvgIpc) is 2.81. The number of rotatable bonds is 4. The highest BCUT2D eigenvalue weighted by molar-refractivity contribution is 5.53. The van der Waals surface area contributed by atoms with Crippen molar-refractivity contribution in [1.82, 2.24) is 4.98 Å². The van der Waals surface area contributed by atoms with Gasteiger partial charge in [0.15, 0.2) is 5.82 Å². The second-order valence-electron chi connectivity index (χ2n) is 3.70. The Morgan fingerprint density at radius 3 is 3.12 bits per heavy atom. The molecule has 0 spiro atoms. The predicted molar refractivity (Wildman–Crippen MR) is 62.4 cm³/mol. The molecule has 1 saturated heterocycles. The number of hydroxylamine groups is 1. The molecule has 2 heterocycles. The van der Waals surface area contributed by atoms with Gasteiger partial charge < -0.3 is 10.5 Å². The molecule has 0 aromatic carbocycles. The molecule has 0 atom stereocenters. The van der Waals surface area contributed by atoms with Crippen LogP contribution in [0.5, 0.6) is 5.88 Å². The summed E-state index contributed by atoms with van der Waals surface area (Å²) in [6.45, 7) is 4.28. The van der Waals surface area contributed by atoms with Gasteiger partial charge in [0.2, 0.25) is 5.88 Å². The van der Waals surface area contributed by atoms with Gasteiger partial charge in [0, 0.05) is 6.54 Å². The van der Waals surface area contributed by atoms with Crippen molar-refractivity contribution in [1.29, 1.82) is 0 Å². The molecule has 5 nitrogen and oxygen atoms in total. The molecule has 88 valence electrons. The molecule has 1 aromatic rings. The van der Waals surface area contributed by atoms with Crippen LogP contribution in [0.4, 0.5) is 11.5 Å². The fourth-order valence-electron chi connectivity index (χ4n) is 1.52. The van der Waals surface area contributed by atoms with E-state index in [0.29, 0.717) is 18.2 Å². The summed E-state index contributed by atoms with van der Waals surface area (Å²) < 4.78 is 5.47. The fourth-order valence-corrected chi connectivity index (χ4v) is 1.52. The second-order valence-corrected chi connectivity index (χ2v) is 3.70. The van der Waals surface area contributed by atoms with E-state index in [-0.39, 0.29) is 0 Å². The van der Waals surface area contributed by atoms with Gasteiger partial charge in [-0.15, -0.1) is 0 Å². The third-order valence-electron chi connectivity index (χ3n) is 2.33. The first-order chi connectivity index (χ1) is 7.81. The van der Waals surface area contributed by atoms with E-state index in [1.165, 1.54) is 0 Å². The van der Waals surface area contributed by atoms with Crippen LogP contribution in [0.15, 0.2) is 12.1 Å². The number of anilines is 2. The Hall–Kier alpha value is -1.49. The zero-order chi connectivity index (χ0) is 11.4. The van der Waals surface area contributed by atoms with Gasteiger partial charge in [-0.05, 0) is 25.0 Å². The van der Waals surface area contributed by atoms with Gasteiger partial charge in [-0.25, -0.2) is 5.06 Å². The highest BCUT2D eigenvalue weighted by Crippen LogP contribution is 2.24. The molecule has 0 aliphatic carbocycles. The molecule has 1 fully saturated rings. The van der Waals surface area contributed by atoms with E-state index in [9.17, 15) is 0 Å². The van der Waals surface area contributed by atoms with E-state index in [4.69, 9.17) is 15.3 Å². The van der Waals surface area contributed by atoms with Gasteiger partial charge in [0.1, 0.15) is 0 Å². The minimum atomic E-state index is 0.495. The van der Waals surface area contributed by atoms with Crippen LogP contribution in [0.1, 0.15) is 19.8 Å². The summed E-state index contributed by atoms with van der Waals surface area (Å²) in [4.78, 5) is 9.76. The van der Waals surface area contributed by atoms with Crippen LogP contribution in [0.25, 0.3) is 0 Å². The molecule has 0 bridgehead atoms.